The minimum atomic E-state index is -3.85. The van der Waals surface area contributed by atoms with E-state index in [1.165, 1.54) is 34.6 Å². The summed E-state index contributed by atoms with van der Waals surface area (Å²) in [5, 5.41) is 4.67. The summed E-state index contributed by atoms with van der Waals surface area (Å²) in [7, 11) is -3.85. The van der Waals surface area contributed by atoms with Gasteiger partial charge in [-0.25, -0.2) is 13.1 Å². The molecule has 0 aliphatic carbocycles. The van der Waals surface area contributed by atoms with Gasteiger partial charge < -0.3 is 14.6 Å². The number of hydrogen-bond acceptors (Lipinski definition) is 6. The van der Waals surface area contributed by atoms with Crippen molar-refractivity contribution in [2.45, 2.75) is 37.4 Å². The lowest BCUT2D eigenvalue weighted by Gasteiger charge is -2.30. The minimum absolute atomic E-state index is 0.0702. The van der Waals surface area contributed by atoms with Crippen LogP contribution < -0.4 is 10.0 Å². The van der Waals surface area contributed by atoms with E-state index < -0.39 is 28.5 Å². The molecule has 1 atom stereocenters. The van der Waals surface area contributed by atoms with Crippen molar-refractivity contribution < 1.29 is 22.4 Å². The number of benzene rings is 1. The quantitative estimate of drug-likeness (QED) is 0.443. The van der Waals surface area contributed by atoms with Gasteiger partial charge >= 0.3 is 0 Å². The summed E-state index contributed by atoms with van der Waals surface area (Å²) in [6.45, 7) is 1.75. The molecule has 0 aliphatic heterocycles. The second-order valence-corrected chi connectivity index (χ2v) is 9.76. The third-order valence-corrected chi connectivity index (χ3v) is 7.05. The Hall–Kier alpha value is -2.95. The highest BCUT2D eigenvalue weighted by Gasteiger charge is 2.29. The van der Waals surface area contributed by atoms with Gasteiger partial charge in [-0.2, -0.15) is 0 Å². The number of thiophene rings is 1. The Labute approximate surface area is 191 Å². The SMILES string of the molecule is CC[C@H](C(=O)NCc1ccco1)N(Cc1cccs1)C(=O)CNS(=O)(=O)c1ccccc1. The van der Waals surface area contributed by atoms with Gasteiger partial charge in [0.1, 0.15) is 11.8 Å². The first-order valence-electron chi connectivity index (χ1n) is 10.1. The van der Waals surface area contributed by atoms with E-state index in [2.05, 4.69) is 10.0 Å². The van der Waals surface area contributed by atoms with Gasteiger partial charge in [0.25, 0.3) is 0 Å². The van der Waals surface area contributed by atoms with Gasteiger partial charge in [0.15, 0.2) is 0 Å². The van der Waals surface area contributed by atoms with Gasteiger partial charge in [0, 0.05) is 4.88 Å². The van der Waals surface area contributed by atoms with Crippen molar-refractivity contribution in [2.24, 2.45) is 0 Å². The zero-order valence-corrected chi connectivity index (χ0v) is 19.2. The molecule has 0 fully saturated rings. The fourth-order valence-corrected chi connectivity index (χ4v) is 4.83. The van der Waals surface area contributed by atoms with Crippen molar-refractivity contribution in [1.82, 2.24) is 14.9 Å². The molecule has 0 radical (unpaired) electrons. The van der Waals surface area contributed by atoms with Crippen LogP contribution in [0.15, 0.2) is 75.6 Å². The van der Waals surface area contributed by atoms with Crippen molar-refractivity contribution in [3.05, 3.63) is 76.9 Å². The average molecular weight is 476 g/mol. The molecule has 0 unspecified atom stereocenters. The Balaban J connectivity index is 1.73. The number of nitrogens with zero attached hydrogens (tertiary/aromatic N) is 1. The third kappa shape index (κ3) is 6.28. The lowest BCUT2D eigenvalue weighted by Crippen LogP contribution is -2.51. The van der Waals surface area contributed by atoms with E-state index in [9.17, 15) is 18.0 Å². The van der Waals surface area contributed by atoms with Crippen LogP contribution in [0.25, 0.3) is 0 Å². The Morgan fingerprint density at radius 1 is 1.09 bits per heavy atom. The first kappa shape index (κ1) is 23.7. The number of rotatable bonds is 11. The first-order valence-corrected chi connectivity index (χ1v) is 12.4. The van der Waals surface area contributed by atoms with Gasteiger partial charge in [0.05, 0.1) is 30.8 Å². The lowest BCUT2D eigenvalue weighted by atomic mass is 10.1. The number of amides is 2. The third-order valence-electron chi connectivity index (χ3n) is 4.78. The van der Waals surface area contributed by atoms with Gasteiger partial charge in [-0.15, -0.1) is 11.3 Å². The Morgan fingerprint density at radius 3 is 2.50 bits per heavy atom. The van der Waals surface area contributed by atoms with Gasteiger partial charge in [-0.1, -0.05) is 31.2 Å². The molecule has 2 amide bonds. The van der Waals surface area contributed by atoms with Crippen molar-refractivity contribution in [1.29, 1.82) is 0 Å². The fraction of sp³-hybridized carbons (Fsp3) is 0.273. The van der Waals surface area contributed by atoms with Crippen LogP contribution >= 0.6 is 11.3 Å². The standard InChI is InChI=1S/C22H25N3O5S2/c1-2-20(22(27)23-14-17-8-6-12-30-17)25(16-18-9-7-13-31-18)21(26)15-24-32(28,29)19-10-4-3-5-11-19/h3-13,20,24H,2,14-16H2,1H3,(H,23,27)/t20-/m1/s1. The van der Waals surface area contributed by atoms with Crippen molar-refractivity contribution in [3.8, 4) is 0 Å². The van der Waals surface area contributed by atoms with E-state index in [0.29, 0.717) is 12.2 Å². The van der Waals surface area contributed by atoms with E-state index in [4.69, 9.17) is 4.42 Å². The summed E-state index contributed by atoms with van der Waals surface area (Å²) in [6.07, 6.45) is 1.89. The second-order valence-electron chi connectivity index (χ2n) is 6.96. The van der Waals surface area contributed by atoms with Crippen LogP contribution in [0.3, 0.4) is 0 Å². The molecule has 0 aliphatic rings. The van der Waals surface area contributed by atoms with Crippen LogP contribution in [0.2, 0.25) is 0 Å². The number of sulfonamides is 1. The van der Waals surface area contributed by atoms with Gasteiger partial charge in [-0.05, 0) is 42.1 Å². The zero-order valence-electron chi connectivity index (χ0n) is 17.6. The highest BCUT2D eigenvalue weighted by Crippen LogP contribution is 2.17. The molecule has 8 nitrogen and oxygen atoms in total. The lowest BCUT2D eigenvalue weighted by molar-refractivity contribution is -0.140. The summed E-state index contributed by atoms with van der Waals surface area (Å²) in [5.74, 6) is -0.224. The van der Waals surface area contributed by atoms with Crippen LogP contribution in [-0.4, -0.2) is 37.7 Å². The predicted molar refractivity (Wildman–Crippen MR) is 121 cm³/mol. The van der Waals surface area contributed by atoms with Crippen LogP contribution in [0.4, 0.5) is 0 Å². The molecule has 10 heteroatoms. The van der Waals surface area contributed by atoms with E-state index in [-0.39, 0.29) is 23.9 Å². The normalized spacial score (nSPS) is 12.3. The number of carbonyl (C=O) groups excluding carboxylic acids is 2. The summed E-state index contributed by atoms with van der Waals surface area (Å²) < 4.78 is 32.6. The minimum Gasteiger partial charge on any atom is -0.467 e. The second kappa shape index (κ2) is 11.1. The molecule has 0 saturated carbocycles. The molecule has 3 aromatic rings. The Bertz CT molecular complexity index is 1100. The molecule has 2 N–H and O–H groups in total. The molecule has 1 aromatic carbocycles. The molecular weight excluding hydrogens is 450 g/mol. The highest BCUT2D eigenvalue weighted by atomic mass is 32.2. The number of hydrogen-bond donors (Lipinski definition) is 2. The van der Waals surface area contributed by atoms with E-state index in [0.717, 1.165) is 4.88 Å². The summed E-state index contributed by atoms with van der Waals surface area (Å²) in [6, 6.07) is 14.3. The smallest absolute Gasteiger partial charge is 0.243 e. The predicted octanol–water partition coefficient (Wildman–Crippen LogP) is 2.74. The molecule has 3 rings (SSSR count). The Morgan fingerprint density at radius 2 is 1.88 bits per heavy atom. The van der Waals surface area contributed by atoms with Crippen LogP contribution in [-0.2, 0) is 32.7 Å². The molecule has 0 bridgehead atoms. The maximum absolute atomic E-state index is 13.1. The number of carbonyl (C=O) groups is 2. The van der Waals surface area contributed by atoms with Gasteiger partial charge in [0.2, 0.25) is 21.8 Å². The van der Waals surface area contributed by atoms with Crippen molar-refractivity contribution in [3.63, 3.8) is 0 Å². The summed E-state index contributed by atoms with van der Waals surface area (Å²) in [5.41, 5.74) is 0. The monoisotopic (exact) mass is 475 g/mol. The average Bonchev–Trinajstić information content (AvgIpc) is 3.51. The zero-order chi connectivity index (χ0) is 23.0. The maximum atomic E-state index is 13.1. The highest BCUT2D eigenvalue weighted by molar-refractivity contribution is 7.89. The fourth-order valence-electron chi connectivity index (χ4n) is 3.14. The summed E-state index contributed by atoms with van der Waals surface area (Å²) in [4.78, 5) is 28.3. The molecule has 170 valence electrons. The molecule has 2 aromatic heterocycles. The van der Waals surface area contributed by atoms with E-state index >= 15 is 0 Å². The first-order chi connectivity index (χ1) is 15.4. The van der Waals surface area contributed by atoms with Crippen molar-refractivity contribution >= 4 is 33.2 Å². The molecular formula is C22H25N3O5S2. The molecule has 0 spiro atoms. The van der Waals surface area contributed by atoms with E-state index in [1.54, 1.807) is 37.3 Å². The van der Waals surface area contributed by atoms with Crippen LogP contribution in [0, 0.1) is 0 Å². The number of furan rings is 1. The van der Waals surface area contributed by atoms with Crippen molar-refractivity contribution in [2.75, 3.05) is 6.54 Å². The van der Waals surface area contributed by atoms with Crippen LogP contribution in [0.5, 0.6) is 0 Å². The van der Waals surface area contributed by atoms with Crippen LogP contribution in [0.1, 0.15) is 24.0 Å². The molecule has 2 heterocycles. The Kier molecular flexibility index (Phi) is 8.20. The topological polar surface area (TPSA) is 109 Å². The molecule has 32 heavy (non-hydrogen) atoms. The molecule has 0 saturated heterocycles. The van der Waals surface area contributed by atoms with E-state index in [1.807, 2.05) is 17.5 Å². The largest absolute Gasteiger partial charge is 0.467 e. The van der Waals surface area contributed by atoms with Gasteiger partial charge in [-0.3, -0.25) is 9.59 Å². The number of nitrogens with one attached hydrogen (secondary N) is 2. The summed E-state index contributed by atoms with van der Waals surface area (Å²) >= 11 is 1.46. The maximum Gasteiger partial charge on any atom is 0.243 e.